The Morgan fingerprint density at radius 3 is 2.17 bits per heavy atom. The van der Waals surface area contributed by atoms with Gasteiger partial charge in [0.15, 0.2) is 0 Å². The van der Waals surface area contributed by atoms with E-state index in [-0.39, 0.29) is 25.5 Å². The van der Waals surface area contributed by atoms with Crippen molar-refractivity contribution in [1.82, 2.24) is 0 Å². The van der Waals surface area contributed by atoms with Crippen molar-refractivity contribution in [2.24, 2.45) is 0 Å². The Kier molecular flexibility index (Phi) is 8.46. The van der Waals surface area contributed by atoms with Gasteiger partial charge in [-0.25, -0.2) is 4.18 Å². The van der Waals surface area contributed by atoms with Crippen molar-refractivity contribution < 1.29 is 26.0 Å². The van der Waals surface area contributed by atoms with Gasteiger partial charge in [0.05, 0.1) is 6.61 Å². The van der Waals surface area contributed by atoms with Gasteiger partial charge in [0.1, 0.15) is 0 Å². The van der Waals surface area contributed by atoms with Gasteiger partial charge in [-0.1, -0.05) is 3.89 Å². The molecule has 0 saturated carbocycles. The average Bonchev–Trinajstić information content (AvgIpc) is 1.84. The predicted octanol–water partition coefficient (Wildman–Crippen LogP) is -0.812. The minimum absolute atomic E-state index is 0. The number of hydrogen-bond donors (Lipinski definition) is 0. The molecule has 0 aromatic rings. The SMILES string of the molecule is COCC(OC)OS(=O)(=O)F.[LiH]. The summed E-state index contributed by atoms with van der Waals surface area (Å²) in [6.07, 6.45) is -1.23. The number of ether oxygens (including phenoxy) is 2. The number of hydrogen-bond acceptors (Lipinski definition) is 5. The molecule has 12 heavy (non-hydrogen) atoms. The Labute approximate surface area is 82.8 Å². The molecule has 0 heterocycles. The molecule has 8 heteroatoms. The summed E-state index contributed by atoms with van der Waals surface area (Å²) in [7, 11) is -2.48. The quantitative estimate of drug-likeness (QED) is 0.327. The van der Waals surface area contributed by atoms with Crippen LogP contribution in [-0.4, -0.2) is 54.4 Å². The Balaban J connectivity index is 0. The van der Waals surface area contributed by atoms with Crippen LogP contribution in [0.5, 0.6) is 0 Å². The number of methoxy groups -OCH3 is 2. The van der Waals surface area contributed by atoms with E-state index in [1.165, 1.54) is 14.2 Å². The van der Waals surface area contributed by atoms with E-state index in [1.807, 2.05) is 0 Å². The summed E-state index contributed by atoms with van der Waals surface area (Å²) in [5.41, 5.74) is 0. The van der Waals surface area contributed by atoms with Crippen LogP contribution in [-0.2, 0) is 24.2 Å². The van der Waals surface area contributed by atoms with E-state index in [0.29, 0.717) is 0 Å². The topological polar surface area (TPSA) is 61.8 Å². The van der Waals surface area contributed by atoms with Crippen LogP contribution in [0.4, 0.5) is 3.89 Å². The Bertz CT molecular complexity index is 194. The zero-order chi connectivity index (χ0) is 8.91. The summed E-state index contributed by atoms with van der Waals surface area (Å²) < 4.78 is 44.1. The molecule has 0 aromatic heterocycles. The monoisotopic (exact) mass is 196 g/mol. The predicted molar refractivity (Wildman–Crippen MR) is 40.9 cm³/mol. The fraction of sp³-hybridized carbons (Fsp3) is 1.00. The first-order valence-corrected chi connectivity index (χ1v) is 3.95. The van der Waals surface area contributed by atoms with Gasteiger partial charge in [-0.15, -0.1) is 0 Å². The second-order valence-corrected chi connectivity index (χ2v) is 2.59. The first-order chi connectivity index (χ1) is 4.99. The maximum absolute atomic E-state index is 11.8. The Morgan fingerprint density at radius 1 is 1.42 bits per heavy atom. The van der Waals surface area contributed by atoms with Crippen LogP contribution in [0.2, 0.25) is 0 Å². The molecule has 0 aromatic carbocycles. The number of rotatable bonds is 5. The molecule has 5 nitrogen and oxygen atoms in total. The van der Waals surface area contributed by atoms with Crippen molar-refractivity contribution >= 4 is 29.4 Å². The summed E-state index contributed by atoms with van der Waals surface area (Å²) in [6.45, 7) is -0.153. The fourth-order valence-electron chi connectivity index (χ4n) is 0.399. The van der Waals surface area contributed by atoms with Gasteiger partial charge in [-0.2, -0.15) is 8.42 Å². The van der Waals surface area contributed by atoms with Crippen LogP contribution in [0.1, 0.15) is 0 Å². The molecule has 0 aliphatic rings. The van der Waals surface area contributed by atoms with Gasteiger partial charge < -0.3 is 9.47 Å². The Hall–Kier alpha value is 0.357. The molecule has 0 amide bonds. The molecule has 0 aliphatic heterocycles. The van der Waals surface area contributed by atoms with Gasteiger partial charge in [0, 0.05) is 14.2 Å². The standard InChI is InChI=1S/C4H9FO5S.Li.H/c1-8-3-4(9-2)10-11(5,6)7;;/h4H,3H2,1-2H3;;. The molecule has 0 rings (SSSR count). The molecule has 0 N–H and O–H groups in total. The molecule has 70 valence electrons. The summed E-state index contributed by atoms with van der Waals surface area (Å²) in [6, 6.07) is 0. The summed E-state index contributed by atoms with van der Waals surface area (Å²) in [5, 5.41) is 0. The molecule has 1 atom stereocenters. The van der Waals surface area contributed by atoms with Gasteiger partial charge >= 0.3 is 29.4 Å². The van der Waals surface area contributed by atoms with Gasteiger partial charge in [-0.3, -0.25) is 0 Å². The molecular formula is C4H10FLiO5S. The van der Waals surface area contributed by atoms with E-state index < -0.39 is 16.8 Å². The van der Waals surface area contributed by atoms with E-state index in [0.717, 1.165) is 0 Å². The molecule has 0 aliphatic carbocycles. The minimum atomic E-state index is -4.96. The van der Waals surface area contributed by atoms with Crippen molar-refractivity contribution in [3.63, 3.8) is 0 Å². The van der Waals surface area contributed by atoms with Crippen LogP contribution in [0.25, 0.3) is 0 Å². The molecular weight excluding hydrogens is 186 g/mol. The molecule has 0 radical (unpaired) electrons. The van der Waals surface area contributed by atoms with Crippen molar-refractivity contribution in [2.45, 2.75) is 6.29 Å². The zero-order valence-corrected chi connectivity index (χ0v) is 6.93. The fourth-order valence-corrected chi connectivity index (χ4v) is 0.790. The van der Waals surface area contributed by atoms with Crippen LogP contribution in [0.15, 0.2) is 0 Å². The van der Waals surface area contributed by atoms with Crippen molar-refractivity contribution in [1.29, 1.82) is 0 Å². The van der Waals surface area contributed by atoms with Crippen LogP contribution in [0.3, 0.4) is 0 Å². The normalized spacial score (nSPS) is 13.6. The van der Waals surface area contributed by atoms with E-state index >= 15 is 0 Å². The molecule has 0 spiro atoms. The Morgan fingerprint density at radius 2 is 1.92 bits per heavy atom. The summed E-state index contributed by atoms with van der Waals surface area (Å²) >= 11 is 0. The van der Waals surface area contributed by atoms with Crippen molar-refractivity contribution in [3.8, 4) is 0 Å². The van der Waals surface area contributed by atoms with Gasteiger partial charge in [-0.05, 0) is 0 Å². The van der Waals surface area contributed by atoms with Crippen molar-refractivity contribution in [2.75, 3.05) is 20.8 Å². The van der Waals surface area contributed by atoms with E-state index in [1.54, 1.807) is 0 Å². The summed E-state index contributed by atoms with van der Waals surface area (Å²) in [5.74, 6) is 0. The first kappa shape index (κ1) is 14.9. The van der Waals surface area contributed by atoms with Gasteiger partial charge in [0.25, 0.3) is 0 Å². The van der Waals surface area contributed by atoms with Crippen molar-refractivity contribution in [3.05, 3.63) is 0 Å². The van der Waals surface area contributed by atoms with Crippen LogP contribution < -0.4 is 0 Å². The second-order valence-electron chi connectivity index (χ2n) is 1.61. The third kappa shape index (κ3) is 8.45. The van der Waals surface area contributed by atoms with E-state index in [4.69, 9.17) is 0 Å². The average molecular weight is 196 g/mol. The van der Waals surface area contributed by atoms with E-state index in [9.17, 15) is 12.3 Å². The maximum atomic E-state index is 11.8. The van der Waals surface area contributed by atoms with Crippen LogP contribution in [0, 0.1) is 0 Å². The molecule has 0 bridgehead atoms. The molecule has 0 fully saturated rings. The van der Waals surface area contributed by atoms with Gasteiger partial charge in [0.2, 0.25) is 6.29 Å². The number of halogens is 1. The molecule has 0 saturated heterocycles. The molecule has 1 unspecified atom stereocenters. The zero-order valence-electron chi connectivity index (χ0n) is 6.11. The third-order valence-corrected chi connectivity index (χ3v) is 1.23. The summed E-state index contributed by atoms with van der Waals surface area (Å²) in [4.78, 5) is 0. The van der Waals surface area contributed by atoms with Crippen LogP contribution >= 0.6 is 0 Å². The third-order valence-electron chi connectivity index (χ3n) is 0.788. The van der Waals surface area contributed by atoms with E-state index in [2.05, 4.69) is 13.7 Å². The first-order valence-electron chi connectivity index (χ1n) is 2.64. The second kappa shape index (κ2) is 6.83.